The number of rotatable bonds is 7. The SMILES string of the molecule is FC(F)Sc1ccc(NC(=S)NCC(c2ccco2)N2CCCCC2)cc1. The summed E-state index contributed by atoms with van der Waals surface area (Å²) in [5, 5.41) is 6.86. The van der Waals surface area contributed by atoms with Crippen molar-refractivity contribution >= 4 is 34.8 Å². The van der Waals surface area contributed by atoms with Crippen molar-refractivity contribution in [2.45, 2.75) is 36.0 Å². The summed E-state index contributed by atoms with van der Waals surface area (Å²) in [5.41, 5.74) is 0.763. The minimum absolute atomic E-state index is 0.130. The molecule has 3 rings (SSSR count). The van der Waals surface area contributed by atoms with Crippen LogP contribution in [0.4, 0.5) is 14.5 Å². The van der Waals surface area contributed by atoms with Crippen LogP contribution in [-0.2, 0) is 0 Å². The first-order valence-corrected chi connectivity index (χ1v) is 10.3. The Labute approximate surface area is 167 Å². The molecule has 2 aromatic rings. The van der Waals surface area contributed by atoms with Crippen LogP contribution >= 0.6 is 24.0 Å². The van der Waals surface area contributed by atoms with Gasteiger partial charge in [0.05, 0.1) is 12.3 Å². The molecule has 0 amide bonds. The topological polar surface area (TPSA) is 40.4 Å². The van der Waals surface area contributed by atoms with E-state index in [4.69, 9.17) is 16.6 Å². The zero-order valence-electron chi connectivity index (χ0n) is 14.9. The second-order valence-electron chi connectivity index (χ2n) is 6.37. The molecule has 0 radical (unpaired) electrons. The molecule has 8 heteroatoms. The number of anilines is 1. The molecule has 1 saturated heterocycles. The Morgan fingerprint density at radius 1 is 1.15 bits per heavy atom. The van der Waals surface area contributed by atoms with Crippen LogP contribution in [0.15, 0.2) is 52.0 Å². The predicted octanol–water partition coefficient (Wildman–Crippen LogP) is 5.11. The van der Waals surface area contributed by atoms with Crippen LogP contribution in [-0.4, -0.2) is 35.4 Å². The highest BCUT2D eigenvalue weighted by atomic mass is 32.2. The van der Waals surface area contributed by atoms with Crippen molar-refractivity contribution in [1.29, 1.82) is 0 Å². The molecule has 1 aliphatic heterocycles. The quantitative estimate of drug-likeness (QED) is 0.488. The smallest absolute Gasteiger partial charge is 0.288 e. The fourth-order valence-corrected chi connectivity index (χ4v) is 3.91. The normalized spacial score (nSPS) is 16.3. The third kappa shape index (κ3) is 6.19. The molecular formula is C19H23F2N3OS2. The predicted molar refractivity (Wildman–Crippen MR) is 109 cm³/mol. The maximum atomic E-state index is 12.4. The number of nitrogens with one attached hydrogen (secondary N) is 2. The van der Waals surface area contributed by atoms with Gasteiger partial charge in [-0.1, -0.05) is 18.2 Å². The lowest BCUT2D eigenvalue weighted by Crippen LogP contribution is -2.41. The number of nitrogens with zero attached hydrogens (tertiary/aromatic N) is 1. The molecule has 2 heterocycles. The highest BCUT2D eigenvalue weighted by Crippen LogP contribution is 2.26. The summed E-state index contributed by atoms with van der Waals surface area (Å²) in [6.45, 7) is 2.74. The Morgan fingerprint density at radius 2 is 1.89 bits per heavy atom. The Morgan fingerprint density at radius 3 is 2.52 bits per heavy atom. The van der Waals surface area contributed by atoms with Crippen LogP contribution in [0.1, 0.15) is 31.1 Å². The number of alkyl halides is 2. The summed E-state index contributed by atoms with van der Waals surface area (Å²) in [5.74, 6) is -1.49. The molecule has 146 valence electrons. The zero-order chi connectivity index (χ0) is 19.1. The van der Waals surface area contributed by atoms with E-state index in [0.29, 0.717) is 28.3 Å². The molecule has 1 unspecified atom stereocenters. The Bertz CT molecular complexity index is 704. The Hall–Kier alpha value is -1.64. The van der Waals surface area contributed by atoms with Crippen molar-refractivity contribution in [3.05, 3.63) is 48.4 Å². The molecule has 4 nitrogen and oxygen atoms in total. The molecule has 27 heavy (non-hydrogen) atoms. The molecule has 2 N–H and O–H groups in total. The molecule has 1 aromatic heterocycles. The second-order valence-corrected chi connectivity index (χ2v) is 7.84. The molecule has 0 aliphatic carbocycles. The molecule has 0 bridgehead atoms. The van der Waals surface area contributed by atoms with Gasteiger partial charge in [0.15, 0.2) is 5.11 Å². The van der Waals surface area contributed by atoms with Crippen LogP contribution in [0.2, 0.25) is 0 Å². The van der Waals surface area contributed by atoms with E-state index < -0.39 is 5.76 Å². The average Bonchev–Trinajstić information content (AvgIpc) is 3.18. The number of hydrogen-bond acceptors (Lipinski definition) is 4. The van der Waals surface area contributed by atoms with E-state index >= 15 is 0 Å². The minimum atomic E-state index is -2.42. The maximum absolute atomic E-state index is 12.4. The van der Waals surface area contributed by atoms with Gasteiger partial charge in [0, 0.05) is 17.1 Å². The van der Waals surface area contributed by atoms with E-state index in [1.807, 2.05) is 12.1 Å². The van der Waals surface area contributed by atoms with E-state index in [1.165, 1.54) is 19.3 Å². The second kappa shape index (κ2) is 10.1. The average molecular weight is 412 g/mol. The van der Waals surface area contributed by atoms with Crippen LogP contribution < -0.4 is 10.6 Å². The van der Waals surface area contributed by atoms with Gasteiger partial charge in [0.2, 0.25) is 0 Å². The van der Waals surface area contributed by atoms with Gasteiger partial charge in [0.25, 0.3) is 5.76 Å². The number of likely N-dealkylation sites (tertiary alicyclic amines) is 1. The van der Waals surface area contributed by atoms with Crippen molar-refractivity contribution in [3.63, 3.8) is 0 Å². The third-order valence-corrected chi connectivity index (χ3v) is 5.47. The van der Waals surface area contributed by atoms with Crippen LogP contribution in [0.3, 0.4) is 0 Å². The number of piperidine rings is 1. The van der Waals surface area contributed by atoms with Crippen molar-refractivity contribution in [2.75, 3.05) is 25.0 Å². The zero-order valence-corrected chi connectivity index (χ0v) is 16.5. The van der Waals surface area contributed by atoms with Crippen LogP contribution in [0, 0.1) is 0 Å². The summed E-state index contributed by atoms with van der Waals surface area (Å²) in [6.07, 6.45) is 5.36. The number of thiocarbonyl (C=S) groups is 1. The number of halogens is 2. The first-order valence-electron chi connectivity index (χ1n) is 8.99. The van der Waals surface area contributed by atoms with Gasteiger partial charge in [-0.3, -0.25) is 4.90 Å². The highest BCUT2D eigenvalue weighted by molar-refractivity contribution is 7.99. The van der Waals surface area contributed by atoms with E-state index in [-0.39, 0.29) is 6.04 Å². The molecule has 1 aromatic carbocycles. The summed E-state index contributed by atoms with van der Waals surface area (Å²) in [7, 11) is 0. The molecule has 1 atom stereocenters. The Kier molecular flexibility index (Phi) is 7.49. The molecule has 1 aliphatic rings. The summed E-state index contributed by atoms with van der Waals surface area (Å²) < 4.78 is 30.4. The number of benzene rings is 1. The van der Waals surface area contributed by atoms with Gasteiger partial charge < -0.3 is 15.1 Å². The fraction of sp³-hybridized carbons (Fsp3) is 0.421. The van der Waals surface area contributed by atoms with Gasteiger partial charge in [-0.2, -0.15) is 8.78 Å². The van der Waals surface area contributed by atoms with Crippen LogP contribution in [0.25, 0.3) is 0 Å². The van der Waals surface area contributed by atoms with Crippen molar-refractivity contribution in [1.82, 2.24) is 10.2 Å². The van der Waals surface area contributed by atoms with Gasteiger partial charge >= 0.3 is 0 Å². The van der Waals surface area contributed by atoms with Crippen molar-refractivity contribution < 1.29 is 13.2 Å². The minimum Gasteiger partial charge on any atom is -0.468 e. The summed E-state index contributed by atoms with van der Waals surface area (Å²) >= 11 is 5.92. The first kappa shape index (κ1) is 20.1. The third-order valence-electron chi connectivity index (χ3n) is 4.50. The standard InChI is InChI=1S/C19H23F2N3OS2/c20-18(21)27-15-8-6-14(7-9-15)23-19(26)22-13-16(17-5-4-12-25-17)24-10-2-1-3-11-24/h4-9,12,16,18H,1-3,10-11,13H2,(H2,22,23,26). The summed E-state index contributed by atoms with van der Waals surface area (Å²) in [4.78, 5) is 2.95. The first-order chi connectivity index (χ1) is 13.1. The van der Waals surface area contributed by atoms with Gasteiger partial charge in [-0.05, 0) is 74.5 Å². The van der Waals surface area contributed by atoms with Gasteiger partial charge in [-0.25, -0.2) is 0 Å². The van der Waals surface area contributed by atoms with E-state index in [2.05, 4.69) is 15.5 Å². The van der Waals surface area contributed by atoms with Crippen LogP contribution in [0.5, 0.6) is 0 Å². The molecular weight excluding hydrogens is 388 g/mol. The monoisotopic (exact) mass is 411 g/mol. The lowest BCUT2D eigenvalue weighted by Gasteiger charge is -2.33. The fourth-order valence-electron chi connectivity index (χ4n) is 3.20. The molecule has 0 spiro atoms. The number of furan rings is 1. The van der Waals surface area contributed by atoms with Crippen molar-refractivity contribution in [2.24, 2.45) is 0 Å². The van der Waals surface area contributed by atoms with Gasteiger partial charge in [-0.15, -0.1) is 0 Å². The lowest BCUT2D eigenvalue weighted by atomic mass is 10.1. The summed E-state index contributed by atoms with van der Waals surface area (Å²) in [6, 6.07) is 10.8. The number of hydrogen-bond donors (Lipinski definition) is 2. The molecule has 1 fully saturated rings. The molecule has 0 saturated carbocycles. The van der Waals surface area contributed by atoms with Gasteiger partial charge in [0.1, 0.15) is 5.76 Å². The maximum Gasteiger partial charge on any atom is 0.288 e. The van der Waals surface area contributed by atoms with E-state index in [9.17, 15) is 8.78 Å². The number of thioether (sulfide) groups is 1. The van der Waals surface area contributed by atoms with E-state index in [0.717, 1.165) is 24.5 Å². The largest absolute Gasteiger partial charge is 0.468 e. The van der Waals surface area contributed by atoms with E-state index in [1.54, 1.807) is 30.5 Å². The van der Waals surface area contributed by atoms with Crippen molar-refractivity contribution in [3.8, 4) is 0 Å². The highest BCUT2D eigenvalue weighted by Gasteiger charge is 2.24. The lowest BCUT2D eigenvalue weighted by molar-refractivity contribution is 0.146. The Balaban J connectivity index is 1.54.